The minimum Gasteiger partial charge on any atom is -0.343 e. The van der Waals surface area contributed by atoms with E-state index in [1.165, 1.54) is 0 Å². The Morgan fingerprint density at radius 2 is 1.89 bits per heavy atom. The Morgan fingerprint density at radius 3 is 2.54 bits per heavy atom. The molecular weight excluding hydrogens is 380 g/mol. The molecule has 0 aliphatic carbocycles. The van der Waals surface area contributed by atoms with E-state index in [4.69, 9.17) is 16.1 Å². The highest BCUT2D eigenvalue weighted by atomic mass is 35.5. The van der Waals surface area contributed by atoms with Crippen LogP contribution in [0.1, 0.15) is 28.7 Å². The second kappa shape index (κ2) is 8.67. The molecule has 1 heterocycles. The molecule has 0 bridgehead atoms. The van der Waals surface area contributed by atoms with Crippen molar-refractivity contribution >= 4 is 29.1 Å². The van der Waals surface area contributed by atoms with Gasteiger partial charge in [-0.05, 0) is 36.8 Å². The molecule has 0 aliphatic rings. The van der Waals surface area contributed by atoms with Gasteiger partial charge in [0.05, 0.1) is 6.54 Å². The van der Waals surface area contributed by atoms with Crippen molar-refractivity contribution in [2.24, 2.45) is 0 Å². The molecule has 0 saturated carbocycles. The SMILES string of the molecule is CCc1nc(-c2ccc(C(=O)NCC(=O)Nc3ccc(C)c(Cl)c3)cc2)no1. The van der Waals surface area contributed by atoms with Crippen molar-refractivity contribution in [3.63, 3.8) is 0 Å². The van der Waals surface area contributed by atoms with Crippen LogP contribution in [0.3, 0.4) is 0 Å². The van der Waals surface area contributed by atoms with Gasteiger partial charge in [0.25, 0.3) is 5.91 Å². The lowest BCUT2D eigenvalue weighted by molar-refractivity contribution is -0.115. The molecule has 2 amide bonds. The van der Waals surface area contributed by atoms with Crippen LogP contribution in [0.25, 0.3) is 11.4 Å². The fourth-order valence-corrected chi connectivity index (χ4v) is 2.61. The molecule has 0 atom stereocenters. The molecule has 0 fully saturated rings. The molecule has 0 radical (unpaired) electrons. The van der Waals surface area contributed by atoms with Crippen LogP contribution in [0.4, 0.5) is 5.69 Å². The minimum atomic E-state index is -0.356. The zero-order chi connectivity index (χ0) is 20.1. The van der Waals surface area contributed by atoms with Crippen LogP contribution in [-0.4, -0.2) is 28.5 Å². The maximum atomic E-state index is 12.2. The number of aryl methyl sites for hydroxylation is 2. The molecule has 2 N–H and O–H groups in total. The van der Waals surface area contributed by atoms with Crippen molar-refractivity contribution in [3.8, 4) is 11.4 Å². The lowest BCUT2D eigenvalue weighted by Gasteiger charge is -2.08. The van der Waals surface area contributed by atoms with Crippen molar-refractivity contribution in [2.45, 2.75) is 20.3 Å². The first-order valence-corrected chi connectivity index (χ1v) is 9.11. The van der Waals surface area contributed by atoms with E-state index in [1.54, 1.807) is 36.4 Å². The molecule has 1 aromatic heterocycles. The smallest absolute Gasteiger partial charge is 0.251 e. The zero-order valence-electron chi connectivity index (χ0n) is 15.5. The van der Waals surface area contributed by atoms with Gasteiger partial charge in [-0.3, -0.25) is 9.59 Å². The largest absolute Gasteiger partial charge is 0.343 e. The van der Waals surface area contributed by atoms with Crippen LogP contribution in [0.5, 0.6) is 0 Å². The second-order valence-electron chi connectivity index (χ2n) is 6.14. The summed E-state index contributed by atoms with van der Waals surface area (Å²) in [6.45, 7) is 3.64. The van der Waals surface area contributed by atoms with E-state index in [1.807, 2.05) is 19.9 Å². The third-order valence-electron chi connectivity index (χ3n) is 4.04. The Hall–Kier alpha value is -3.19. The number of hydrogen-bond acceptors (Lipinski definition) is 5. The van der Waals surface area contributed by atoms with Gasteiger partial charge in [-0.2, -0.15) is 4.98 Å². The molecular formula is C20H19ClN4O3. The number of nitrogens with zero attached hydrogens (tertiary/aromatic N) is 2. The van der Waals surface area contributed by atoms with Gasteiger partial charge in [-0.25, -0.2) is 0 Å². The highest BCUT2D eigenvalue weighted by Gasteiger charge is 2.11. The molecule has 3 aromatic rings. The first-order chi connectivity index (χ1) is 13.5. The van der Waals surface area contributed by atoms with Crippen LogP contribution >= 0.6 is 11.6 Å². The predicted molar refractivity (Wildman–Crippen MR) is 106 cm³/mol. The molecule has 7 nitrogen and oxygen atoms in total. The highest BCUT2D eigenvalue weighted by molar-refractivity contribution is 6.31. The van der Waals surface area contributed by atoms with Gasteiger partial charge in [0, 0.05) is 28.3 Å². The molecule has 0 unspecified atom stereocenters. The van der Waals surface area contributed by atoms with E-state index < -0.39 is 0 Å². The van der Waals surface area contributed by atoms with E-state index in [0.717, 1.165) is 11.1 Å². The van der Waals surface area contributed by atoms with Crippen molar-refractivity contribution in [1.82, 2.24) is 15.5 Å². The van der Waals surface area contributed by atoms with E-state index in [2.05, 4.69) is 20.8 Å². The molecule has 8 heteroatoms. The number of carbonyl (C=O) groups is 2. The maximum absolute atomic E-state index is 12.2. The Morgan fingerprint density at radius 1 is 1.14 bits per heavy atom. The van der Waals surface area contributed by atoms with Crippen molar-refractivity contribution in [3.05, 3.63) is 64.5 Å². The maximum Gasteiger partial charge on any atom is 0.251 e. The average Bonchev–Trinajstić information content (AvgIpc) is 3.18. The molecule has 144 valence electrons. The monoisotopic (exact) mass is 398 g/mol. The third-order valence-corrected chi connectivity index (χ3v) is 4.45. The van der Waals surface area contributed by atoms with Crippen LogP contribution in [0.15, 0.2) is 47.0 Å². The van der Waals surface area contributed by atoms with Crippen LogP contribution in [-0.2, 0) is 11.2 Å². The number of halogens is 1. The van der Waals surface area contributed by atoms with Gasteiger partial charge < -0.3 is 15.2 Å². The van der Waals surface area contributed by atoms with Gasteiger partial charge in [-0.1, -0.05) is 41.9 Å². The number of rotatable bonds is 6. The first-order valence-electron chi connectivity index (χ1n) is 8.73. The molecule has 3 rings (SSSR count). The number of amides is 2. The third kappa shape index (κ3) is 4.75. The molecule has 0 saturated heterocycles. The number of carbonyl (C=O) groups excluding carboxylic acids is 2. The Balaban J connectivity index is 1.55. The number of nitrogens with one attached hydrogen (secondary N) is 2. The second-order valence-corrected chi connectivity index (χ2v) is 6.54. The summed E-state index contributed by atoms with van der Waals surface area (Å²) in [7, 11) is 0. The topological polar surface area (TPSA) is 97.1 Å². The van der Waals surface area contributed by atoms with Crippen molar-refractivity contribution < 1.29 is 14.1 Å². The zero-order valence-corrected chi connectivity index (χ0v) is 16.2. The van der Waals surface area contributed by atoms with E-state index in [0.29, 0.717) is 34.4 Å². The number of benzene rings is 2. The van der Waals surface area contributed by atoms with Gasteiger partial charge in [-0.15, -0.1) is 0 Å². The number of anilines is 1. The lowest BCUT2D eigenvalue weighted by atomic mass is 10.1. The van der Waals surface area contributed by atoms with Crippen molar-refractivity contribution in [2.75, 3.05) is 11.9 Å². The molecule has 2 aromatic carbocycles. The summed E-state index contributed by atoms with van der Waals surface area (Å²) < 4.78 is 5.08. The Labute approximate surface area is 167 Å². The molecule has 0 aliphatic heterocycles. The quantitative estimate of drug-likeness (QED) is 0.660. The summed E-state index contributed by atoms with van der Waals surface area (Å²) >= 11 is 6.04. The summed E-state index contributed by atoms with van der Waals surface area (Å²) in [6, 6.07) is 12.0. The summed E-state index contributed by atoms with van der Waals surface area (Å²) in [5.41, 5.74) is 2.66. The summed E-state index contributed by atoms with van der Waals surface area (Å²) in [6.07, 6.45) is 0.657. The number of hydrogen-bond donors (Lipinski definition) is 2. The van der Waals surface area contributed by atoms with Gasteiger partial charge in [0.15, 0.2) is 0 Å². The Kier molecular flexibility index (Phi) is 6.06. The van der Waals surface area contributed by atoms with E-state index in [-0.39, 0.29) is 18.4 Å². The minimum absolute atomic E-state index is 0.156. The summed E-state index contributed by atoms with van der Waals surface area (Å²) in [4.78, 5) is 28.5. The van der Waals surface area contributed by atoms with E-state index >= 15 is 0 Å². The first kappa shape index (κ1) is 19.6. The predicted octanol–water partition coefficient (Wildman–Crippen LogP) is 3.63. The van der Waals surface area contributed by atoms with E-state index in [9.17, 15) is 9.59 Å². The van der Waals surface area contributed by atoms with Crippen LogP contribution in [0.2, 0.25) is 5.02 Å². The standard InChI is InChI=1S/C20H19ClN4O3/c1-3-18-24-19(25-28-18)13-5-7-14(8-6-13)20(27)22-11-17(26)23-15-9-4-12(2)16(21)10-15/h4-10H,3,11H2,1-2H3,(H,22,27)(H,23,26). The molecule has 28 heavy (non-hydrogen) atoms. The Bertz CT molecular complexity index is 999. The lowest BCUT2D eigenvalue weighted by Crippen LogP contribution is -2.32. The van der Waals surface area contributed by atoms with Crippen molar-refractivity contribution in [1.29, 1.82) is 0 Å². The fraction of sp³-hybridized carbons (Fsp3) is 0.200. The number of aromatic nitrogens is 2. The van der Waals surface area contributed by atoms with Crippen LogP contribution < -0.4 is 10.6 Å². The molecule has 0 spiro atoms. The normalized spacial score (nSPS) is 10.5. The highest BCUT2D eigenvalue weighted by Crippen LogP contribution is 2.20. The summed E-state index contributed by atoms with van der Waals surface area (Å²) in [5, 5.41) is 9.73. The fourth-order valence-electron chi connectivity index (χ4n) is 2.42. The average molecular weight is 399 g/mol. The summed E-state index contributed by atoms with van der Waals surface area (Å²) in [5.74, 6) is 0.326. The van der Waals surface area contributed by atoms with Crippen LogP contribution in [0, 0.1) is 6.92 Å². The van der Waals surface area contributed by atoms with Gasteiger partial charge >= 0.3 is 0 Å². The van der Waals surface area contributed by atoms with Gasteiger partial charge in [0.1, 0.15) is 0 Å². The van der Waals surface area contributed by atoms with Gasteiger partial charge in [0.2, 0.25) is 17.6 Å².